The van der Waals surface area contributed by atoms with E-state index in [1.165, 1.54) is 12.5 Å². The van der Waals surface area contributed by atoms with E-state index >= 15 is 0 Å². The summed E-state index contributed by atoms with van der Waals surface area (Å²) in [5.74, 6) is 0.0759. The van der Waals surface area contributed by atoms with Gasteiger partial charge < -0.3 is 114 Å². The average Bonchev–Trinajstić information content (AvgIpc) is 1.48. The van der Waals surface area contributed by atoms with Gasteiger partial charge >= 0.3 is 16.4 Å². The van der Waals surface area contributed by atoms with E-state index in [4.69, 9.17) is 51.6 Å². The van der Waals surface area contributed by atoms with Crippen molar-refractivity contribution in [2.45, 2.75) is 285 Å². The Kier molecular flexibility index (Phi) is 20.2. The molecule has 1 unspecified atom stereocenters. The molecule has 506 valence electrons. The summed E-state index contributed by atoms with van der Waals surface area (Å²) in [7, 11) is -5.39. The van der Waals surface area contributed by atoms with E-state index in [9.17, 15) is 84.1 Å². The zero-order valence-electron chi connectivity index (χ0n) is 51.1. The third-order valence-corrected chi connectivity index (χ3v) is 22.9. The Hall–Kier alpha value is -1.80. The van der Waals surface area contributed by atoms with Crippen LogP contribution in [0.3, 0.4) is 0 Å². The maximum absolute atomic E-state index is 14.5. The van der Waals surface area contributed by atoms with Gasteiger partial charge in [-0.05, 0) is 107 Å². The molecule has 1 spiro atoms. The van der Waals surface area contributed by atoms with Gasteiger partial charge in [-0.25, -0.2) is 4.18 Å². The van der Waals surface area contributed by atoms with Crippen molar-refractivity contribution in [1.82, 2.24) is 0 Å². The molecule has 4 saturated carbocycles. The second-order valence-electron chi connectivity index (χ2n) is 28.5. The lowest BCUT2D eigenvalue weighted by Crippen LogP contribution is -2.67. The van der Waals surface area contributed by atoms with Gasteiger partial charge in [0.25, 0.3) is 0 Å². The third kappa shape index (κ3) is 12.1. The number of allylic oxidation sites excluding steroid dienone is 2. The second-order valence-corrected chi connectivity index (χ2v) is 29.6. The summed E-state index contributed by atoms with van der Waals surface area (Å²) in [6.07, 6.45) is -34.4. The van der Waals surface area contributed by atoms with Crippen molar-refractivity contribution >= 4 is 16.4 Å². The first-order chi connectivity index (χ1) is 41.2. The van der Waals surface area contributed by atoms with Crippen molar-refractivity contribution in [3.8, 4) is 0 Å². The Labute approximate surface area is 512 Å². The van der Waals surface area contributed by atoms with Crippen LogP contribution in [0.15, 0.2) is 11.6 Å². The molecule has 10 rings (SSSR count). The number of carbonyl (C=O) groups excluding carboxylic acids is 1. The number of ether oxygens (including phenoxy) is 10. The molecular weight excluding hydrogens is 1190 g/mol. The Balaban J connectivity index is 0.909. The van der Waals surface area contributed by atoms with Crippen molar-refractivity contribution in [3.63, 3.8) is 0 Å². The van der Waals surface area contributed by atoms with Gasteiger partial charge in [0, 0.05) is 17.8 Å². The van der Waals surface area contributed by atoms with E-state index in [1.807, 2.05) is 6.92 Å². The first kappa shape index (κ1) is 69.0. The van der Waals surface area contributed by atoms with E-state index in [1.54, 1.807) is 0 Å². The standard InChI is InChI=1S/C59H96O28S/c1-24(2)19-26(62)20-58(8)35-14-17-57(7)28-9-12-34-55(4,5)36(15-16-56(34,6)27(28)13-18-59(35,57)54(73)86-58)82-52-49(46(30(64)23-77-52)87-88(74,75)76)85-53-48(79-31-11-10-29(63)37(65)38(31)66)43(71)45(25(3)78-53)83-51-44(72)47(40(68)33(22-61)81-51)84-50-42(70)41(69)39(67)32(21-60)80-50/h9,24-27,29-53,60-72H,10-23H2,1-8H3,(H,74,75,76)/t25-,26+,27-,29-,30-,31-,32-,33-,34?,35-,36+,37+,38+,39-,40-,41+,42-,43+,44-,45-,46+,47-,48-,49-,50+,51+,52+,53+,56-,57+,58+,59-/m1/s1. The quantitative estimate of drug-likeness (QED) is 0.0405. The second kappa shape index (κ2) is 25.7. The van der Waals surface area contributed by atoms with Crippen LogP contribution < -0.4 is 0 Å². The zero-order chi connectivity index (χ0) is 64.3. The minimum absolute atomic E-state index is 0.0342. The highest BCUT2D eigenvalue weighted by atomic mass is 32.3. The van der Waals surface area contributed by atoms with Crippen LogP contribution in [0.5, 0.6) is 0 Å². The smallest absolute Gasteiger partial charge is 0.397 e. The lowest BCUT2D eigenvalue weighted by Gasteiger charge is -2.64. The number of hydrogen-bond acceptors (Lipinski definition) is 27. The summed E-state index contributed by atoms with van der Waals surface area (Å²) in [5, 5.41) is 142. The molecule has 0 aromatic rings. The summed E-state index contributed by atoms with van der Waals surface area (Å²) in [6, 6.07) is 0. The van der Waals surface area contributed by atoms with Crippen LogP contribution >= 0.6 is 0 Å². The molecule has 0 aromatic carbocycles. The molecule has 28 nitrogen and oxygen atoms in total. The lowest BCUT2D eigenvalue weighted by atomic mass is 9.41. The van der Waals surface area contributed by atoms with Gasteiger partial charge in [-0.3, -0.25) is 9.35 Å². The fourth-order valence-corrected chi connectivity index (χ4v) is 18.4. The largest absolute Gasteiger partial charge is 0.458 e. The van der Waals surface area contributed by atoms with Gasteiger partial charge in [-0.2, -0.15) is 8.42 Å². The van der Waals surface area contributed by atoms with Crippen molar-refractivity contribution < 1.29 is 136 Å². The fraction of sp³-hybridized carbons (Fsp3) is 0.949. The topological polar surface area (TPSA) is 436 Å². The van der Waals surface area contributed by atoms with Crippen LogP contribution in [0.25, 0.3) is 0 Å². The summed E-state index contributed by atoms with van der Waals surface area (Å²) >= 11 is 0. The third-order valence-electron chi connectivity index (χ3n) is 22.4. The summed E-state index contributed by atoms with van der Waals surface area (Å²) in [5.41, 5.74) is -1.75. The van der Waals surface area contributed by atoms with Crippen LogP contribution in [0.2, 0.25) is 0 Å². The SMILES string of the molecule is CC(C)C[C@H](O)C[C@]1(C)OC(=O)[C@]23CC[C@@H]4C(=CCC5C(C)(C)[C@@H](O[C@@H]6OC[C@@H](O)[C@H](OS(=O)(=O)O)[C@H]6O[C@@H]6O[C@H](C)[C@@H](O[C@@H]7O[C@H](CO)[C@@H](O)[C@@H](O[C@@H]8O[C@H](CO)[C@@H](O)[C@H](O)[C@H]8O)[C@H]7O)[C@H](O)[C@H]6O[C@@H]6CC[C@@H](O)[C@H](O)[C@H]6O)CC[C@@]54C)[C@]2(C)CC[C@@H]31. The highest BCUT2D eigenvalue weighted by Crippen LogP contribution is 2.76. The highest BCUT2D eigenvalue weighted by Gasteiger charge is 2.76. The molecule has 88 heavy (non-hydrogen) atoms. The molecule has 32 atom stereocenters. The molecule has 0 aromatic heterocycles. The Bertz CT molecular complexity index is 2580. The molecule has 0 amide bonds. The molecule has 9 fully saturated rings. The van der Waals surface area contributed by atoms with Crippen molar-refractivity contribution in [2.24, 2.45) is 45.3 Å². The molecule has 0 bridgehead atoms. The molecule has 14 N–H and O–H groups in total. The first-order valence-electron chi connectivity index (χ1n) is 31.3. The maximum atomic E-state index is 14.5. The monoisotopic (exact) mass is 1280 g/mol. The molecule has 5 saturated heterocycles. The Morgan fingerprint density at radius 3 is 1.93 bits per heavy atom. The van der Waals surface area contributed by atoms with E-state index in [0.29, 0.717) is 38.5 Å². The number of cyclic esters (lactones) is 1. The van der Waals surface area contributed by atoms with E-state index in [2.05, 4.69) is 47.6 Å². The zero-order valence-corrected chi connectivity index (χ0v) is 51.9. The van der Waals surface area contributed by atoms with Gasteiger partial charge in [0.2, 0.25) is 0 Å². The van der Waals surface area contributed by atoms with Gasteiger partial charge in [0.05, 0.1) is 55.8 Å². The van der Waals surface area contributed by atoms with Crippen LogP contribution in [0, 0.1) is 45.3 Å². The van der Waals surface area contributed by atoms with Gasteiger partial charge in [-0.1, -0.05) is 53.2 Å². The van der Waals surface area contributed by atoms with E-state index in [0.717, 1.165) is 19.3 Å². The summed E-state index contributed by atoms with van der Waals surface area (Å²) < 4.78 is 103. The minimum atomic E-state index is -5.39. The number of esters is 1. The average molecular weight is 1290 g/mol. The van der Waals surface area contributed by atoms with Gasteiger partial charge in [0.1, 0.15) is 103 Å². The number of rotatable bonds is 18. The van der Waals surface area contributed by atoms with E-state index in [-0.39, 0.29) is 47.9 Å². The molecule has 5 aliphatic heterocycles. The summed E-state index contributed by atoms with van der Waals surface area (Å²) in [4.78, 5) is 14.5. The number of hydrogen-bond donors (Lipinski definition) is 14. The maximum Gasteiger partial charge on any atom is 0.397 e. The first-order valence-corrected chi connectivity index (χ1v) is 32.7. The van der Waals surface area contributed by atoms with Gasteiger partial charge in [-0.15, -0.1) is 0 Å². The number of aliphatic hydroxyl groups is 13. The molecule has 0 radical (unpaired) electrons. The Morgan fingerprint density at radius 1 is 0.625 bits per heavy atom. The number of fused-ring (bicyclic) bond motifs is 4. The van der Waals surface area contributed by atoms with Crippen LogP contribution in [-0.4, -0.2) is 264 Å². The molecule has 29 heteroatoms. The minimum Gasteiger partial charge on any atom is -0.458 e. The number of aliphatic hydroxyl groups excluding tert-OH is 13. The lowest BCUT2D eigenvalue weighted by molar-refractivity contribution is -0.394. The molecule has 10 aliphatic rings. The Morgan fingerprint density at radius 2 is 1.27 bits per heavy atom. The van der Waals surface area contributed by atoms with E-state index < -0.39 is 205 Å². The fourth-order valence-electron chi connectivity index (χ4n) is 17.9. The normalized spacial score (nSPS) is 51.6. The van der Waals surface area contributed by atoms with Crippen LogP contribution in [0.1, 0.15) is 126 Å². The number of carbonyl (C=O) groups is 1. The molecule has 5 aliphatic carbocycles. The summed E-state index contributed by atoms with van der Waals surface area (Å²) in [6.45, 7) is 13.8. The van der Waals surface area contributed by atoms with Crippen molar-refractivity contribution in [3.05, 3.63) is 11.6 Å². The predicted octanol–water partition coefficient (Wildman–Crippen LogP) is -1.89. The molecular formula is C59H96O28S. The van der Waals surface area contributed by atoms with Crippen molar-refractivity contribution in [1.29, 1.82) is 0 Å². The van der Waals surface area contributed by atoms with Crippen LogP contribution in [-0.2, 0) is 66.7 Å². The molecule has 5 heterocycles. The van der Waals surface area contributed by atoms with Crippen LogP contribution in [0.4, 0.5) is 0 Å². The highest BCUT2D eigenvalue weighted by molar-refractivity contribution is 7.80. The van der Waals surface area contributed by atoms with Crippen molar-refractivity contribution in [2.75, 3.05) is 19.8 Å². The predicted molar refractivity (Wildman–Crippen MR) is 297 cm³/mol. The van der Waals surface area contributed by atoms with Gasteiger partial charge in [0.15, 0.2) is 25.2 Å².